The van der Waals surface area contributed by atoms with E-state index in [0.29, 0.717) is 12.1 Å². The summed E-state index contributed by atoms with van der Waals surface area (Å²) in [4.78, 5) is 11.5. The average molecular weight is 291 g/mol. The summed E-state index contributed by atoms with van der Waals surface area (Å²) in [5.74, 6) is -0.756. The Kier molecular flexibility index (Phi) is 5.46. The highest BCUT2D eigenvalue weighted by molar-refractivity contribution is 6.41. The molecule has 0 heterocycles. The highest BCUT2D eigenvalue weighted by Crippen LogP contribution is 2.32. The van der Waals surface area contributed by atoms with Crippen molar-refractivity contribution in [3.63, 3.8) is 0 Å². The predicted molar refractivity (Wildman–Crippen MR) is 81.7 cm³/mol. The van der Waals surface area contributed by atoms with Gasteiger partial charge in [0.15, 0.2) is 0 Å². The average Bonchev–Trinajstić information content (AvgIpc) is 2.38. The third kappa shape index (κ3) is 4.05. The first-order chi connectivity index (χ1) is 9.77. The predicted octanol–water partition coefficient (Wildman–Crippen LogP) is 2.14. The van der Waals surface area contributed by atoms with Gasteiger partial charge >= 0.3 is 0 Å². The number of aromatic hydroxyl groups is 2. The van der Waals surface area contributed by atoms with Crippen LogP contribution in [0.1, 0.15) is 44.2 Å². The van der Waals surface area contributed by atoms with E-state index in [1.165, 1.54) is 12.1 Å². The SMILES string of the molecule is CCNC(=O)C(=N)CC(=N)c1cc(C(C)C)c(O)cc1O. The minimum absolute atomic E-state index is 0.0278. The lowest BCUT2D eigenvalue weighted by molar-refractivity contribution is -0.114. The molecule has 0 fully saturated rings. The number of amides is 1. The Bertz CT molecular complexity index is 580. The van der Waals surface area contributed by atoms with Crippen molar-refractivity contribution in [2.75, 3.05) is 6.54 Å². The lowest BCUT2D eigenvalue weighted by atomic mass is 9.95. The molecule has 0 spiro atoms. The maximum atomic E-state index is 11.5. The monoisotopic (exact) mass is 291 g/mol. The van der Waals surface area contributed by atoms with Gasteiger partial charge in [0, 0.05) is 30.3 Å². The minimum Gasteiger partial charge on any atom is -0.508 e. The van der Waals surface area contributed by atoms with Gasteiger partial charge in [-0.05, 0) is 24.5 Å². The highest BCUT2D eigenvalue weighted by Gasteiger charge is 2.17. The van der Waals surface area contributed by atoms with Gasteiger partial charge in [0.25, 0.3) is 5.91 Å². The zero-order valence-electron chi connectivity index (χ0n) is 12.4. The molecule has 1 rings (SSSR count). The molecule has 0 aromatic heterocycles. The number of phenols is 2. The van der Waals surface area contributed by atoms with Crippen molar-refractivity contribution in [2.45, 2.75) is 33.1 Å². The van der Waals surface area contributed by atoms with Crippen molar-refractivity contribution in [1.29, 1.82) is 10.8 Å². The molecule has 0 radical (unpaired) electrons. The Labute approximate surface area is 123 Å². The van der Waals surface area contributed by atoms with E-state index in [2.05, 4.69) is 5.32 Å². The molecule has 0 bridgehead atoms. The van der Waals surface area contributed by atoms with E-state index >= 15 is 0 Å². The standard InChI is InChI=1S/C15H21N3O3/c1-4-18-15(21)12(17)6-11(16)10-5-9(8(2)3)13(19)7-14(10)20/h5,7-8,16-17,19-20H,4,6H2,1-3H3,(H,18,21). The summed E-state index contributed by atoms with van der Waals surface area (Å²) < 4.78 is 0. The maximum Gasteiger partial charge on any atom is 0.265 e. The Balaban J connectivity index is 3.00. The molecule has 0 atom stereocenters. The summed E-state index contributed by atoms with van der Waals surface area (Å²) in [5.41, 5.74) is 0.564. The van der Waals surface area contributed by atoms with Crippen molar-refractivity contribution < 1.29 is 15.0 Å². The third-order valence-electron chi connectivity index (χ3n) is 3.06. The molecule has 0 saturated carbocycles. The van der Waals surface area contributed by atoms with Crippen LogP contribution in [0.25, 0.3) is 0 Å². The smallest absolute Gasteiger partial charge is 0.265 e. The Morgan fingerprint density at radius 1 is 1.24 bits per heavy atom. The molecule has 6 nitrogen and oxygen atoms in total. The van der Waals surface area contributed by atoms with Crippen molar-refractivity contribution in [2.24, 2.45) is 0 Å². The molecule has 0 aliphatic heterocycles. The fourth-order valence-corrected chi connectivity index (χ4v) is 1.92. The van der Waals surface area contributed by atoms with Crippen molar-refractivity contribution in [1.82, 2.24) is 5.32 Å². The second-order valence-electron chi connectivity index (χ2n) is 5.08. The molecule has 6 heteroatoms. The van der Waals surface area contributed by atoms with Gasteiger partial charge in [-0.15, -0.1) is 0 Å². The molecular formula is C15H21N3O3. The quantitative estimate of drug-likeness (QED) is 0.517. The second-order valence-corrected chi connectivity index (χ2v) is 5.08. The normalized spacial score (nSPS) is 10.5. The van der Waals surface area contributed by atoms with Crippen LogP contribution < -0.4 is 5.32 Å². The summed E-state index contributed by atoms with van der Waals surface area (Å²) >= 11 is 0. The van der Waals surface area contributed by atoms with Gasteiger partial charge in [-0.2, -0.15) is 0 Å². The van der Waals surface area contributed by atoms with E-state index in [1.54, 1.807) is 6.92 Å². The molecule has 1 aromatic rings. The van der Waals surface area contributed by atoms with Gasteiger partial charge in [-0.1, -0.05) is 13.8 Å². The molecule has 21 heavy (non-hydrogen) atoms. The van der Waals surface area contributed by atoms with E-state index in [-0.39, 0.29) is 40.8 Å². The fourth-order valence-electron chi connectivity index (χ4n) is 1.92. The second kappa shape index (κ2) is 6.88. The number of benzene rings is 1. The number of hydrogen-bond donors (Lipinski definition) is 5. The Morgan fingerprint density at radius 2 is 1.86 bits per heavy atom. The van der Waals surface area contributed by atoms with Crippen LogP contribution in [0.5, 0.6) is 11.5 Å². The minimum atomic E-state index is -0.524. The number of rotatable bonds is 6. The zero-order chi connectivity index (χ0) is 16.2. The molecule has 0 saturated heterocycles. The van der Waals surface area contributed by atoms with Crippen LogP contribution in [-0.2, 0) is 4.79 Å². The summed E-state index contributed by atoms with van der Waals surface area (Å²) in [5, 5.41) is 37.7. The first kappa shape index (κ1) is 16.7. The molecule has 0 unspecified atom stereocenters. The Hall–Kier alpha value is -2.37. The van der Waals surface area contributed by atoms with Crippen LogP contribution in [0.3, 0.4) is 0 Å². The van der Waals surface area contributed by atoms with Gasteiger partial charge < -0.3 is 20.9 Å². The third-order valence-corrected chi connectivity index (χ3v) is 3.06. The van der Waals surface area contributed by atoms with E-state index < -0.39 is 5.91 Å². The van der Waals surface area contributed by atoms with Crippen LogP contribution in [-0.4, -0.2) is 34.1 Å². The topological polar surface area (TPSA) is 117 Å². The molecule has 0 aliphatic rings. The van der Waals surface area contributed by atoms with E-state index in [1.807, 2.05) is 13.8 Å². The van der Waals surface area contributed by atoms with Crippen molar-refractivity contribution >= 4 is 17.3 Å². The van der Waals surface area contributed by atoms with E-state index in [0.717, 1.165) is 0 Å². The molecule has 1 amide bonds. The lowest BCUT2D eigenvalue weighted by Crippen LogP contribution is -2.31. The largest absolute Gasteiger partial charge is 0.508 e. The summed E-state index contributed by atoms with van der Waals surface area (Å²) in [7, 11) is 0. The molecular weight excluding hydrogens is 270 g/mol. The van der Waals surface area contributed by atoms with Crippen LogP contribution in [0.15, 0.2) is 12.1 Å². The van der Waals surface area contributed by atoms with E-state index in [9.17, 15) is 15.0 Å². The van der Waals surface area contributed by atoms with Crippen LogP contribution in [0.2, 0.25) is 0 Å². The molecule has 5 N–H and O–H groups in total. The first-order valence-electron chi connectivity index (χ1n) is 6.77. The lowest BCUT2D eigenvalue weighted by Gasteiger charge is -2.13. The fraction of sp³-hybridized carbons (Fsp3) is 0.400. The molecule has 114 valence electrons. The van der Waals surface area contributed by atoms with Gasteiger partial charge in [0.05, 0.1) is 0 Å². The van der Waals surface area contributed by atoms with Crippen LogP contribution in [0, 0.1) is 10.8 Å². The van der Waals surface area contributed by atoms with Gasteiger partial charge in [-0.3, -0.25) is 10.2 Å². The summed E-state index contributed by atoms with van der Waals surface area (Å²) in [6, 6.07) is 2.72. The van der Waals surface area contributed by atoms with Gasteiger partial charge in [0.2, 0.25) is 0 Å². The number of carbonyl (C=O) groups is 1. The number of hydrogen-bond acceptors (Lipinski definition) is 5. The summed E-state index contributed by atoms with van der Waals surface area (Å²) in [6.07, 6.45) is -0.179. The zero-order valence-corrected chi connectivity index (χ0v) is 12.4. The number of carbonyl (C=O) groups excluding carboxylic acids is 1. The molecule has 0 aliphatic carbocycles. The van der Waals surface area contributed by atoms with Crippen molar-refractivity contribution in [3.8, 4) is 11.5 Å². The van der Waals surface area contributed by atoms with Crippen molar-refractivity contribution in [3.05, 3.63) is 23.3 Å². The number of nitrogens with one attached hydrogen (secondary N) is 3. The van der Waals surface area contributed by atoms with Gasteiger partial charge in [0.1, 0.15) is 17.2 Å². The number of phenolic OH excluding ortho intramolecular Hbond substituents is 2. The maximum absolute atomic E-state index is 11.5. The highest BCUT2D eigenvalue weighted by atomic mass is 16.3. The van der Waals surface area contributed by atoms with Gasteiger partial charge in [-0.25, -0.2) is 0 Å². The molecule has 1 aromatic carbocycles. The Morgan fingerprint density at radius 3 is 2.38 bits per heavy atom. The van der Waals surface area contributed by atoms with Crippen LogP contribution >= 0.6 is 0 Å². The summed E-state index contributed by atoms with van der Waals surface area (Å²) in [6.45, 7) is 5.93. The van der Waals surface area contributed by atoms with E-state index in [4.69, 9.17) is 10.8 Å². The van der Waals surface area contributed by atoms with Crippen LogP contribution in [0.4, 0.5) is 0 Å². The first-order valence-corrected chi connectivity index (χ1v) is 6.77.